The number of carbonyl (C=O) groups is 1. The topological polar surface area (TPSA) is 87.8 Å². The molecule has 0 aliphatic carbocycles. The van der Waals surface area contributed by atoms with Crippen LogP contribution in [-0.4, -0.2) is 34.5 Å². The Hall–Kier alpha value is -2.84. The van der Waals surface area contributed by atoms with Gasteiger partial charge in [-0.25, -0.2) is 9.82 Å². The summed E-state index contributed by atoms with van der Waals surface area (Å²) < 4.78 is 13.2. The van der Waals surface area contributed by atoms with Gasteiger partial charge in [0.1, 0.15) is 5.82 Å². The van der Waals surface area contributed by atoms with E-state index in [1.54, 1.807) is 25.1 Å². The number of nitro benzene ring substituents is 1. The molecule has 1 aliphatic rings. The highest BCUT2D eigenvalue weighted by atomic mass is 35.5. The molecule has 0 bridgehead atoms. The van der Waals surface area contributed by atoms with Gasteiger partial charge >= 0.3 is 0 Å². The Morgan fingerprint density at radius 2 is 1.93 bits per heavy atom. The third-order valence-electron chi connectivity index (χ3n) is 5.20. The molecule has 1 heterocycles. The Labute approximate surface area is 178 Å². The maximum Gasteiger partial charge on any atom is 0.269 e. The van der Waals surface area contributed by atoms with Gasteiger partial charge in [0.2, 0.25) is 5.91 Å². The van der Waals surface area contributed by atoms with Crippen LogP contribution in [0.2, 0.25) is 5.02 Å². The zero-order valence-corrected chi connectivity index (χ0v) is 17.2. The summed E-state index contributed by atoms with van der Waals surface area (Å²) in [4.78, 5) is 24.9. The van der Waals surface area contributed by atoms with E-state index in [0.29, 0.717) is 35.7 Å². The van der Waals surface area contributed by atoms with Gasteiger partial charge in [-0.2, -0.15) is 5.10 Å². The lowest BCUT2D eigenvalue weighted by molar-refractivity contribution is -0.384. The smallest absolute Gasteiger partial charge is 0.269 e. The first-order valence-corrected chi connectivity index (χ1v) is 9.96. The maximum atomic E-state index is 13.2. The highest BCUT2D eigenvalue weighted by molar-refractivity contribution is 6.31. The summed E-state index contributed by atoms with van der Waals surface area (Å²) in [6.45, 7) is 3.81. The van der Waals surface area contributed by atoms with Gasteiger partial charge in [0.05, 0.1) is 10.6 Å². The first-order chi connectivity index (χ1) is 14.3. The molecule has 0 radical (unpaired) electrons. The average molecular weight is 433 g/mol. The van der Waals surface area contributed by atoms with Gasteiger partial charge in [0.25, 0.3) is 5.69 Å². The number of rotatable bonds is 6. The highest BCUT2D eigenvalue weighted by Gasteiger charge is 2.25. The van der Waals surface area contributed by atoms with Crippen molar-refractivity contribution in [2.24, 2.45) is 11.0 Å². The van der Waals surface area contributed by atoms with Crippen LogP contribution in [0, 0.1) is 21.8 Å². The van der Waals surface area contributed by atoms with Gasteiger partial charge in [-0.15, -0.1) is 0 Å². The molecular formula is C21H22ClFN4O3. The van der Waals surface area contributed by atoms with Crippen molar-refractivity contribution >= 4 is 28.9 Å². The summed E-state index contributed by atoms with van der Waals surface area (Å²) in [5.74, 6) is -0.641. The monoisotopic (exact) mass is 432 g/mol. The van der Waals surface area contributed by atoms with Crippen LogP contribution in [-0.2, 0) is 11.3 Å². The molecule has 1 N–H and O–H groups in total. The number of halogens is 2. The molecule has 9 heteroatoms. The quantitative estimate of drug-likeness (QED) is 0.422. The molecule has 1 amide bonds. The maximum absolute atomic E-state index is 13.2. The van der Waals surface area contributed by atoms with E-state index in [1.807, 2.05) is 0 Å². The van der Waals surface area contributed by atoms with Crippen molar-refractivity contribution in [3.63, 3.8) is 0 Å². The second-order valence-corrected chi connectivity index (χ2v) is 7.67. The predicted molar refractivity (Wildman–Crippen MR) is 113 cm³/mol. The molecule has 1 fully saturated rings. The fraction of sp³-hybridized carbons (Fsp3) is 0.333. The number of piperidine rings is 1. The first kappa shape index (κ1) is 21.9. The van der Waals surface area contributed by atoms with E-state index in [-0.39, 0.29) is 23.3 Å². The van der Waals surface area contributed by atoms with Crippen LogP contribution in [0.15, 0.2) is 47.6 Å². The number of nitro groups is 1. The Bertz CT molecular complexity index is 957. The van der Waals surface area contributed by atoms with E-state index >= 15 is 0 Å². The van der Waals surface area contributed by atoms with Crippen molar-refractivity contribution in [1.82, 2.24) is 10.3 Å². The van der Waals surface area contributed by atoms with Crippen LogP contribution in [0.3, 0.4) is 0 Å². The number of non-ortho nitro benzene ring substituents is 1. The third kappa shape index (κ3) is 5.61. The van der Waals surface area contributed by atoms with Crippen molar-refractivity contribution < 1.29 is 14.1 Å². The molecule has 30 heavy (non-hydrogen) atoms. The molecule has 2 aromatic rings. The van der Waals surface area contributed by atoms with Crippen LogP contribution < -0.4 is 5.43 Å². The minimum Gasteiger partial charge on any atom is -0.299 e. The summed E-state index contributed by atoms with van der Waals surface area (Å²) in [6.07, 6.45) is 1.38. The first-order valence-electron chi connectivity index (χ1n) is 9.58. The summed E-state index contributed by atoms with van der Waals surface area (Å²) in [6, 6.07) is 10.4. The number of nitrogens with zero attached hydrogens (tertiary/aromatic N) is 3. The van der Waals surface area contributed by atoms with Gasteiger partial charge in [0, 0.05) is 29.6 Å². The lowest BCUT2D eigenvalue weighted by Crippen LogP contribution is -2.39. The minimum atomic E-state index is -0.464. The molecule has 0 unspecified atom stereocenters. The molecule has 3 rings (SSSR count). The summed E-state index contributed by atoms with van der Waals surface area (Å²) in [5, 5.41) is 15.3. The van der Waals surface area contributed by atoms with Crippen molar-refractivity contribution in [3.8, 4) is 0 Å². The number of hydrogen-bond donors (Lipinski definition) is 1. The molecule has 2 aromatic carbocycles. The van der Waals surface area contributed by atoms with E-state index in [4.69, 9.17) is 11.6 Å². The standard InChI is InChI=1S/C21H22ClFN4O3/c1-14(15-3-6-19(7-4-15)27(29)30)24-25-21(28)16-8-10-26(11-9-16)13-17-2-5-18(23)12-20(17)22/h2-7,12,16H,8-11,13H2,1H3,(H,25,28). The zero-order chi connectivity index (χ0) is 21.7. The van der Waals surface area contributed by atoms with Crippen LogP contribution >= 0.6 is 11.6 Å². The zero-order valence-electron chi connectivity index (χ0n) is 16.5. The van der Waals surface area contributed by atoms with Gasteiger partial charge in [-0.3, -0.25) is 19.8 Å². The number of nitrogens with one attached hydrogen (secondary N) is 1. The Morgan fingerprint density at radius 1 is 1.27 bits per heavy atom. The lowest BCUT2D eigenvalue weighted by Gasteiger charge is -2.31. The van der Waals surface area contributed by atoms with Crippen molar-refractivity contribution in [1.29, 1.82) is 0 Å². The third-order valence-corrected chi connectivity index (χ3v) is 5.55. The molecule has 0 aromatic heterocycles. The fourth-order valence-corrected chi connectivity index (χ4v) is 3.59. The normalized spacial score (nSPS) is 15.8. The Kier molecular flexibility index (Phi) is 7.12. The van der Waals surface area contributed by atoms with Crippen LogP contribution in [0.5, 0.6) is 0 Å². The number of carbonyl (C=O) groups excluding carboxylic acids is 1. The SMILES string of the molecule is CC(=NNC(=O)C1CCN(Cc2ccc(F)cc2Cl)CC1)c1ccc([N+](=O)[O-])cc1. The molecule has 1 aliphatic heterocycles. The summed E-state index contributed by atoms with van der Waals surface area (Å²) in [7, 11) is 0. The lowest BCUT2D eigenvalue weighted by atomic mass is 9.96. The van der Waals surface area contributed by atoms with Crippen LogP contribution in [0.1, 0.15) is 30.9 Å². The van der Waals surface area contributed by atoms with E-state index in [2.05, 4.69) is 15.4 Å². The van der Waals surface area contributed by atoms with E-state index < -0.39 is 4.92 Å². The molecule has 0 saturated carbocycles. The largest absolute Gasteiger partial charge is 0.299 e. The summed E-state index contributed by atoms with van der Waals surface area (Å²) >= 11 is 6.09. The minimum absolute atomic E-state index is 0.00395. The molecule has 0 atom stereocenters. The van der Waals surface area contributed by atoms with Crippen LogP contribution in [0.4, 0.5) is 10.1 Å². The van der Waals surface area contributed by atoms with E-state index in [9.17, 15) is 19.3 Å². The fourth-order valence-electron chi connectivity index (χ4n) is 3.36. The Balaban J connectivity index is 1.50. The van der Waals surface area contributed by atoms with Crippen molar-refractivity contribution in [2.45, 2.75) is 26.3 Å². The van der Waals surface area contributed by atoms with Crippen LogP contribution in [0.25, 0.3) is 0 Å². The highest BCUT2D eigenvalue weighted by Crippen LogP contribution is 2.23. The Morgan fingerprint density at radius 3 is 2.53 bits per heavy atom. The molecule has 1 saturated heterocycles. The molecule has 0 spiro atoms. The van der Waals surface area contributed by atoms with Gasteiger partial charge in [-0.05, 0) is 68.2 Å². The summed E-state index contributed by atoms with van der Waals surface area (Å²) in [5.41, 5.74) is 4.74. The van der Waals surface area contributed by atoms with Gasteiger partial charge in [0.15, 0.2) is 0 Å². The van der Waals surface area contributed by atoms with E-state index in [1.165, 1.54) is 24.3 Å². The number of hydrazone groups is 1. The number of likely N-dealkylation sites (tertiary alicyclic amines) is 1. The second kappa shape index (κ2) is 9.77. The number of hydrogen-bond acceptors (Lipinski definition) is 5. The molecule has 7 nitrogen and oxygen atoms in total. The van der Waals surface area contributed by atoms with Gasteiger partial charge in [-0.1, -0.05) is 17.7 Å². The molecule has 158 valence electrons. The second-order valence-electron chi connectivity index (χ2n) is 7.26. The number of benzene rings is 2. The average Bonchev–Trinajstić information content (AvgIpc) is 2.74. The predicted octanol–water partition coefficient (Wildman–Crippen LogP) is 4.14. The number of amides is 1. The van der Waals surface area contributed by atoms with Crippen molar-refractivity contribution in [3.05, 3.63) is 74.5 Å². The van der Waals surface area contributed by atoms with Gasteiger partial charge < -0.3 is 0 Å². The van der Waals surface area contributed by atoms with Crippen molar-refractivity contribution in [2.75, 3.05) is 13.1 Å². The van der Waals surface area contributed by atoms with E-state index in [0.717, 1.165) is 18.7 Å². The molecular weight excluding hydrogens is 411 g/mol.